The van der Waals surface area contributed by atoms with Gasteiger partial charge < -0.3 is 9.72 Å². The topological polar surface area (TPSA) is 106 Å². The van der Waals surface area contributed by atoms with Crippen LogP contribution in [0.3, 0.4) is 0 Å². The van der Waals surface area contributed by atoms with Gasteiger partial charge in [-0.25, -0.2) is 4.68 Å². The monoisotopic (exact) mass is 488 g/mol. The van der Waals surface area contributed by atoms with Crippen LogP contribution in [0, 0.1) is 6.92 Å². The molecule has 0 fully saturated rings. The molecule has 0 saturated heterocycles. The van der Waals surface area contributed by atoms with E-state index >= 15 is 0 Å². The number of carbonyl (C=O) groups is 1. The molecule has 188 valence electrons. The molecule has 9 heteroatoms. The Balaban J connectivity index is 1.73. The number of aromatic nitrogens is 5. The number of nitrogens with one attached hydrogen (secondary N) is 1. The number of hydrogen-bond acceptors (Lipinski definition) is 7. The SMILES string of the molecule is CCC[C@H](c1nnnn1CC(=O)OCC)N(Cc1ccccc1)Cc1cc2ccc(C)cc2[nH]c1=O. The first-order valence-electron chi connectivity index (χ1n) is 12.3. The van der Waals surface area contributed by atoms with Crippen LogP contribution >= 0.6 is 0 Å². The van der Waals surface area contributed by atoms with Crippen molar-refractivity contribution in [1.29, 1.82) is 0 Å². The number of pyridine rings is 1. The maximum atomic E-state index is 13.1. The van der Waals surface area contributed by atoms with Gasteiger partial charge in [-0.05, 0) is 59.3 Å². The number of hydrogen-bond donors (Lipinski definition) is 1. The lowest BCUT2D eigenvalue weighted by Crippen LogP contribution is -2.33. The van der Waals surface area contributed by atoms with Crippen LogP contribution in [-0.2, 0) is 29.2 Å². The molecule has 4 rings (SSSR count). The number of fused-ring (bicyclic) bond motifs is 1. The third-order valence-electron chi connectivity index (χ3n) is 6.13. The van der Waals surface area contributed by atoms with E-state index in [9.17, 15) is 9.59 Å². The molecule has 9 nitrogen and oxygen atoms in total. The Bertz CT molecular complexity index is 1360. The minimum atomic E-state index is -0.392. The molecule has 0 unspecified atom stereocenters. The summed E-state index contributed by atoms with van der Waals surface area (Å²) in [6, 6.07) is 17.9. The second kappa shape index (κ2) is 11.7. The highest BCUT2D eigenvalue weighted by Gasteiger charge is 2.27. The van der Waals surface area contributed by atoms with Crippen molar-refractivity contribution in [3.8, 4) is 0 Å². The van der Waals surface area contributed by atoms with E-state index in [1.54, 1.807) is 6.92 Å². The maximum absolute atomic E-state index is 13.1. The Kier molecular flexibility index (Phi) is 8.22. The molecule has 1 atom stereocenters. The summed E-state index contributed by atoms with van der Waals surface area (Å²) in [5.74, 6) is 0.186. The smallest absolute Gasteiger partial charge is 0.327 e. The predicted octanol–water partition coefficient (Wildman–Crippen LogP) is 3.93. The van der Waals surface area contributed by atoms with E-state index in [0.717, 1.165) is 34.9 Å². The zero-order chi connectivity index (χ0) is 25.5. The first-order valence-corrected chi connectivity index (χ1v) is 12.3. The van der Waals surface area contributed by atoms with Crippen molar-refractivity contribution in [3.05, 3.63) is 87.5 Å². The minimum absolute atomic E-state index is 0.0640. The molecule has 1 N–H and O–H groups in total. The van der Waals surface area contributed by atoms with Crippen molar-refractivity contribution < 1.29 is 9.53 Å². The Morgan fingerprint density at radius 3 is 2.67 bits per heavy atom. The molecular weight excluding hydrogens is 456 g/mol. The summed E-state index contributed by atoms with van der Waals surface area (Å²) in [5.41, 5.74) is 3.56. The number of tetrazole rings is 1. The van der Waals surface area contributed by atoms with Crippen molar-refractivity contribution in [2.75, 3.05) is 6.61 Å². The standard InChI is InChI=1S/C27H32N6O3/c1-4-9-24(26-29-30-31-33(26)18-25(34)36-5-2)32(16-20-10-7-6-8-11-20)17-22-15-21-13-12-19(3)14-23(21)28-27(22)35/h6-8,10-15,24H,4-5,9,16-18H2,1-3H3,(H,28,35)/t24-/m1/s1. The number of esters is 1. The summed E-state index contributed by atoms with van der Waals surface area (Å²) in [7, 11) is 0. The fourth-order valence-corrected chi connectivity index (χ4v) is 4.43. The number of ether oxygens (including phenoxy) is 1. The number of nitrogens with zero attached hydrogens (tertiary/aromatic N) is 5. The van der Waals surface area contributed by atoms with Gasteiger partial charge in [-0.2, -0.15) is 0 Å². The van der Waals surface area contributed by atoms with Crippen LogP contribution in [0.25, 0.3) is 10.9 Å². The van der Waals surface area contributed by atoms with Gasteiger partial charge in [-0.15, -0.1) is 5.10 Å². The fraction of sp³-hybridized carbons (Fsp3) is 0.370. The molecule has 2 aromatic carbocycles. The highest BCUT2D eigenvalue weighted by atomic mass is 16.5. The van der Waals surface area contributed by atoms with Gasteiger partial charge in [0, 0.05) is 24.2 Å². The van der Waals surface area contributed by atoms with Crippen LogP contribution in [0.2, 0.25) is 0 Å². The summed E-state index contributed by atoms with van der Waals surface area (Å²) in [6.45, 7) is 7.07. The van der Waals surface area contributed by atoms with Crippen LogP contribution in [0.15, 0.2) is 59.4 Å². The minimum Gasteiger partial charge on any atom is -0.465 e. The number of aryl methyl sites for hydroxylation is 1. The molecule has 0 amide bonds. The molecule has 0 saturated carbocycles. The van der Waals surface area contributed by atoms with E-state index in [4.69, 9.17) is 4.74 Å². The number of carbonyl (C=O) groups excluding carboxylic acids is 1. The predicted molar refractivity (Wildman–Crippen MR) is 137 cm³/mol. The molecule has 0 bridgehead atoms. The molecule has 0 spiro atoms. The summed E-state index contributed by atoms with van der Waals surface area (Å²) in [6.07, 6.45) is 1.62. The van der Waals surface area contributed by atoms with Gasteiger partial charge in [0.1, 0.15) is 6.54 Å². The van der Waals surface area contributed by atoms with E-state index in [2.05, 4.69) is 44.5 Å². The van der Waals surface area contributed by atoms with Gasteiger partial charge in [0.15, 0.2) is 5.82 Å². The first kappa shape index (κ1) is 25.2. The molecule has 2 aromatic heterocycles. The van der Waals surface area contributed by atoms with Crippen molar-refractivity contribution in [1.82, 2.24) is 30.1 Å². The highest BCUT2D eigenvalue weighted by Crippen LogP contribution is 2.28. The Labute approximate surface area is 210 Å². The lowest BCUT2D eigenvalue weighted by molar-refractivity contribution is -0.144. The van der Waals surface area contributed by atoms with E-state index < -0.39 is 5.97 Å². The van der Waals surface area contributed by atoms with Crippen molar-refractivity contribution in [2.45, 2.75) is 59.3 Å². The summed E-state index contributed by atoms with van der Waals surface area (Å²) < 4.78 is 6.62. The lowest BCUT2D eigenvalue weighted by Gasteiger charge is -2.31. The third-order valence-corrected chi connectivity index (χ3v) is 6.13. The molecule has 0 aliphatic rings. The van der Waals surface area contributed by atoms with Crippen LogP contribution in [0.4, 0.5) is 0 Å². The Hall–Kier alpha value is -3.85. The average molecular weight is 489 g/mol. The summed E-state index contributed by atoms with van der Waals surface area (Å²) in [5, 5.41) is 13.2. The van der Waals surface area contributed by atoms with Crippen molar-refractivity contribution in [2.24, 2.45) is 0 Å². The van der Waals surface area contributed by atoms with Gasteiger partial charge >= 0.3 is 5.97 Å². The molecule has 4 aromatic rings. The Morgan fingerprint density at radius 1 is 1.11 bits per heavy atom. The second-order valence-electron chi connectivity index (χ2n) is 8.91. The second-order valence-corrected chi connectivity index (χ2v) is 8.91. The Morgan fingerprint density at radius 2 is 1.92 bits per heavy atom. The zero-order valence-electron chi connectivity index (χ0n) is 21.0. The number of H-pyrrole nitrogens is 1. The molecule has 36 heavy (non-hydrogen) atoms. The summed E-state index contributed by atoms with van der Waals surface area (Å²) in [4.78, 5) is 30.5. The summed E-state index contributed by atoms with van der Waals surface area (Å²) >= 11 is 0. The molecular formula is C27H32N6O3. The zero-order valence-corrected chi connectivity index (χ0v) is 21.0. The number of aromatic amines is 1. The van der Waals surface area contributed by atoms with Crippen LogP contribution < -0.4 is 5.56 Å². The molecule has 0 aliphatic carbocycles. The number of rotatable bonds is 11. The highest BCUT2D eigenvalue weighted by molar-refractivity contribution is 5.79. The van der Waals surface area contributed by atoms with Gasteiger partial charge in [0.25, 0.3) is 5.56 Å². The molecule has 2 heterocycles. The fourth-order valence-electron chi connectivity index (χ4n) is 4.43. The van der Waals surface area contributed by atoms with Gasteiger partial charge in [0.05, 0.1) is 12.6 Å². The maximum Gasteiger partial charge on any atom is 0.327 e. The van der Waals surface area contributed by atoms with Crippen molar-refractivity contribution in [3.63, 3.8) is 0 Å². The normalized spacial score (nSPS) is 12.2. The number of benzene rings is 2. The average Bonchev–Trinajstić information content (AvgIpc) is 3.31. The van der Waals surface area contributed by atoms with Crippen LogP contribution in [0.1, 0.15) is 55.2 Å². The van der Waals surface area contributed by atoms with Crippen molar-refractivity contribution >= 4 is 16.9 Å². The third kappa shape index (κ3) is 6.04. The van der Waals surface area contributed by atoms with Gasteiger partial charge in [-0.1, -0.05) is 55.8 Å². The van der Waals surface area contributed by atoms with E-state index in [-0.39, 0.29) is 18.1 Å². The quantitative estimate of drug-likeness (QED) is 0.319. The first-order chi connectivity index (χ1) is 17.5. The largest absolute Gasteiger partial charge is 0.465 e. The van der Waals surface area contributed by atoms with Crippen LogP contribution in [-0.4, -0.2) is 42.7 Å². The van der Waals surface area contributed by atoms with Gasteiger partial charge in [-0.3, -0.25) is 14.5 Å². The molecule has 0 aliphatic heterocycles. The van der Waals surface area contributed by atoms with E-state index in [1.807, 2.05) is 49.4 Å². The van der Waals surface area contributed by atoms with E-state index in [1.165, 1.54) is 4.68 Å². The molecule has 0 radical (unpaired) electrons. The van der Waals surface area contributed by atoms with E-state index in [0.29, 0.717) is 31.1 Å². The van der Waals surface area contributed by atoms with Gasteiger partial charge in [0.2, 0.25) is 0 Å². The lowest BCUT2D eigenvalue weighted by atomic mass is 10.0. The van der Waals surface area contributed by atoms with Crippen LogP contribution in [0.5, 0.6) is 0 Å².